The van der Waals surface area contributed by atoms with Gasteiger partial charge < -0.3 is 29.6 Å². The summed E-state index contributed by atoms with van der Waals surface area (Å²) in [5.41, 5.74) is 10.2. The Morgan fingerprint density at radius 3 is 2.65 bits per heavy atom. The van der Waals surface area contributed by atoms with Crippen molar-refractivity contribution < 1.29 is 4.79 Å². The van der Waals surface area contributed by atoms with Crippen LogP contribution in [0, 0.1) is 6.92 Å². The molecule has 0 atom stereocenters. The number of hydrogen-bond donors (Lipinski definition) is 2. The highest BCUT2D eigenvalue weighted by Crippen LogP contribution is 2.40. The topological polar surface area (TPSA) is 83.2 Å². The van der Waals surface area contributed by atoms with E-state index < -0.39 is 0 Å². The van der Waals surface area contributed by atoms with E-state index in [1.165, 1.54) is 22.5 Å². The summed E-state index contributed by atoms with van der Waals surface area (Å²) in [5.74, 6) is 0.230. The van der Waals surface area contributed by atoms with Gasteiger partial charge in [-0.25, -0.2) is 9.97 Å². The summed E-state index contributed by atoms with van der Waals surface area (Å²) in [4.78, 5) is 26.8. The standard InChI is InChI=1S/C37H44N8O/c1-8-34(46)39-32-20-31(25(4)19-33(32)43(7)18-17-42(5)6)40-37-38-21-29(27-14-16-44(22-27)24(2)3)35(41-37)30-23-45-15-10-12-26-11-9-13-28(30)36(26)45/h8-9,11,13-14,16,19-24H,1,10,12,15,17-18H2,2-7H3,(H,39,46)(H,38,40,41). The van der Waals surface area contributed by atoms with Gasteiger partial charge in [-0.15, -0.1) is 0 Å². The molecule has 6 rings (SSSR count). The largest absolute Gasteiger partial charge is 0.372 e. The molecule has 1 aliphatic heterocycles. The molecule has 2 N–H and O–H groups in total. The van der Waals surface area contributed by atoms with Crippen LogP contribution in [0.5, 0.6) is 0 Å². The van der Waals surface area contributed by atoms with Gasteiger partial charge in [-0.2, -0.15) is 0 Å². The predicted octanol–water partition coefficient (Wildman–Crippen LogP) is 7.27. The molecule has 0 saturated heterocycles. The second-order valence-electron chi connectivity index (χ2n) is 12.8. The smallest absolute Gasteiger partial charge is 0.247 e. The first-order valence-electron chi connectivity index (χ1n) is 16.0. The van der Waals surface area contributed by atoms with Crippen molar-refractivity contribution in [1.29, 1.82) is 0 Å². The molecule has 0 radical (unpaired) electrons. The molecular weight excluding hydrogens is 572 g/mol. The number of carbonyl (C=O) groups is 1. The molecule has 0 spiro atoms. The normalized spacial score (nSPS) is 12.6. The van der Waals surface area contributed by atoms with Gasteiger partial charge in [0.25, 0.3) is 0 Å². The second-order valence-corrected chi connectivity index (χ2v) is 12.8. The molecule has 4 heterocycles. The van der Waals surface area contributed by atoms with Gasteiger partial charge in [-0.1, -0.05) is 24.8 Å². The number of hydrogen-bond acceptors (Lipinski definition) is 6. The Balaban J connectivity index is 1.44. The van der Waals surface area contributed by atoms with Gasteiger partial charge >= 0.3 is 0 Å². The summed E-state index contributed by atoms with van der Waals surface area (Å²) >= 11 is 0. The Labute approximate surface area is 271 Å². The summed E-state index contributed by atoms with van der Waals surface area (Å²) in [7, 11) is 6.14. The van der Waals surface area contributed by atoms with Crippen LogP contribution in [0.1, 0.15) is 37.4 Å². The zero-order valence-electron chi connectivity index (χ0n) is 27.8. The minimum absolute atomic E-state index is 0.263. The molecular formula is C37H44N8O. The van der Waals surface area contributed by atoms with Crippen LogP contribution in [0.4, 0.5) is 23.0 Å². The number of nitrogens with zero attached hydrogens (tertiary/aromatic N) is 6. The van der Waals surface area contributed by atoms with E-state index in [1.54, 1.807) is 0 Å². The summed E-state index contributed by atoms with van der Waals surface area (Å²) in [6.07, 6.45) is 12.0. The van der Waals surface area contributed by atoms with Crippen LogP contribution in [0.2, 0.25) is 0 Å². The fourth-order valence-electron chi connectivity index (χ4n) is 6.21. The third-order valence-corrected chi connectivity index (χ3v) is 8.82. The number of likely N-dealkylation sites (N-methyl/N-ethyl adjacent to an activating group) is 2. The molecule has 1 amide bonds. The van der Waals surface area contributed by atoms with E-state index in [9.17, 15) is 4.79 Å². The van der Waals surface area contributed by atoms with E-state index in [4.69, 9.17) is 9.97 Å². The van der Waals surface area contributed by atoms with Crippen molar-refractivity contribution in [2.75, 3.05) is 49.8 Å². The fourth-order valence-corrected chi connectivity index (χ4v) is 6.21. The molecule has 46 heavy (non-hydrogen) atoms. The lowest BCUT2D eigenvalue weighted by Crippen LogP contribution is -2.29. The molecule has 238 valence electrons. The summed E-state index contributed by atoms with van der Waals surface area (Å²) in [6.45, 7) is 12.7. The maximum atomic E-state index is 12.5. The van der Waals surface area contributed by atoms with Crippen molar-refractivity contribution in [3.63, 3.8) is 0 Å². The number of benzene rings is 2. The maximum absolute atomic E-state index is 12.5. The number of para-hydroxylation sites is 1. The highest BCUT2D eigenvalue weighted by molar-refractivity contribution is 6.02. The predicted molar refractivity (Wildman–Crippen MR) is 190 cm³/mol. The van der Waals surface area contributed by atoms with Gasteiger partial charge in [0, 0.05) is 85.3 Å². The number of anilines is 4. The average molecular weight is 617 g/mol. The first-order valence-corrected chi connectivity index (χ1v) is 16.0. The number of carbonyl (C=O) groups excluding carboxylic acids is 1. The fraction of sp³-hybridized carbons (Fsp3) is 0.324. The summed E-state index contributed by atoms with van der Waals surface area (Å²) in [6, 6.07) is 13.1. The Hall–Kier alpha value is -4.89. The van der Waals surface area contributed by atoms with E-state index in [0.29, 0.717) is 17.7 Å². The highest BCUT2D eigenvalue weighted by Gasteiger charge is 2.22. The minimum atomic E-state index is -0.263. The van der Waals surface area contributed by atoms with Gasteiger partial charge in [-0.3, -0.25) is 4.79 Å². The van der Waals surface area contributed by atoms with E-state index in [0.717, 1.165) is 71.8 Å². The molecule has 3 aromatic heterocycles. The Morgan fingerprint density at radius 2 is 1.91 bits per heavy atom. The zero-order valence-corrected chi connectivity index (χ0v) is 27.8. The first-order chi connectivity index (χ1) is 22.1. The van der Waals surface area contributed by atoms with Gasteiger partial charge in [0.15, 0.2) is 0 Å². The maximum Gasteiger partial charge on any atom is 0.247 e. The Bertz CT molecular complexity index is 1910. The SMILES string of the molecule is C=CC(=O)Nc1cc(Nc2ncc(-c3ccn(C(C)C)c3)c(-c3cn4c5c(cccc35)CCC4)n2)c(C)cc1N(C)CCN(C)C. The molecule has 1 aliphatic rings. The third-order valence-electron chi connectivity index (χ3n) is 8.82. The lowest BCUT2D eigenvalue weighted by atomic mass is 9.99. The molecule has 5 aromatic rings. The van der Waals surface area contributed by atoms with Crippen LogP contribution in [-0.4, -0.2) is 64.1 Å². The Kier molecular flexibility index (Phi) is 8.69. The molecule has 9 heteroatoms. The zero-order chi connectivity index (χ0) is 32.5. The lowest BCUT2D eigenvalue weighted by Gasteiger charge is -2.25. The van der Waals surface area contributed by atoms with Crippen LogP contribution in [0.15, 0.2) is 73.8 Å². The van der Waals surface area contributed by atoms with Crippen molar-refractivity contribution in [1.82, 2.24) is 24.0 Å². The molecule has 0 aliphatic carbocycles. The van der Waals surface area contributed by atoms with Gasteiger partial charge in [-0.05, 0) is 83.1 Å². The Morgan fingerprint density at radius 1 is 1.09 bits per heavy atom. The minimum Gasteiger partial charge on any atom is -0.372 e. The number of aryl methyl sites for hydroxylation is 3. The average Bonchev–Trinajstić information content (AvgIpc) is 3.68. The van der Waals surface area contributed by atoms with Crippen molar-refractivity contribution in [2.24, 2.45) is 0 Å². The molecule has 0 fully saturated rings. The molecule has 2 aromatic carbocycles. The van der Waals surface area contributed by atoms with E-state index in [2.05, 4.69) is 120 Å². The first kappa shape index (κ1) is 31.1. The van der Waals surface area contributed by atoms with Crippen LogP contribution < -0.4 is 15.5 Å². The van der Waals surface area contributed by atoms with Crippen molar-refractivity contribution >= 4 is 39.8 Å². The van der Waals surface area contributed by atoms with E-state index in [-0.39, 0.29) is 5.91 Å². The molecule has 0 unspecified atom stereocenters. The van der Waals surface area contributed by atoms with Crippen LogP contribution in [-0.2, 0) is 17.8 Å². The second kappa shape index (κ2) is 12.8. The van der Waals surface area contributed by atoms with Gasteiger partial charge in [0.1, 0.15) is 0 Å². The highest BCUT2D eigenvalue weighted by atomic mass is 16.1. The molecule has 0 bridgehead atoms. The molecule has 0 saturated carbocycles. The number of rotatable bonds is 11. The van der Waals surface area contributed by atoms with Gasteiger partial charge in [0.05, 0.1) is 22.6 Å². The van der Waals surface area contributed by atoms with Crippen LogP contribution in [0.3, 0.4) is 0 Å². The quantitative estimate of drug-likeness (QED) is 0.152. The van der Waals surface area contributed by atoms with E-state index >= 15 is 0 Å². The lowest BCUT2D eigenvalue weighted by molar-refractivity contribution is -0.111. The summed E-state index contributed by atoms with van der Waals surface area (Å²) < 4.78 is 4.59. The number of aromatic nitrogens is 4. The number of amides is 1. The van der Waals surface area contributed by atoms with E-state index in [1.807, 2.05) is 19.3 Å². The number of nitrogens with one attached hydrogen (secondary N) is 2. The van der Waals surface area contributed by atoms with Crippen molar-refractivity contribution in [3.8, 4) is 22.4 Å². The van der Waals surface area contributed by atoms with Gasteiger partial charge in [0.2, 0.25) is 11.9 Å². The van der Waals surface area contributed by atoms with Crippen LogP contribution >= 0.6 is 0 Å². The van der Waals surface area contributed by atoms with Crippen LogP contribution in [0.25, 0.3) is 33.3 Å². The summed E-state index contributed by atoms with van der Waals surface area (Å²) in [5, 5.41) is 7.70. The monoisotopic (exact) mass is 616 g/mol. The van der Waals surface area contributed by atoms with Crippen molar-refractivity contribution in [3.05, 3.63) is 85.0 Å². The third kappa shape index (κ3) is 6.15. The molecule has 9 nitrogen and oxygen atoms in total. The van der Waals surface area contributed by atoms with Crippen molar-refractivity contribution in [2.45, 2.75) is 46.2 Å².